The normalized spacial score (nSPS) is 16.0. The third-order valence-corrected chi connectivity index (χ3v) is 7.33. The molecule has 2 aliphatic rings. The number of allylic oxidation sites excluding steroid dienone is 1. The highest BCUT2D eigenvalue weighted by Gasteiger charge is 2.25. The highest BCUT2D eigenvalue weighted by atomic mass is 32.2. The molecule has 0 amide bonds. The van der Waals surface area contributed by atoms with Crippen molar-refractivity contribution in [2.24, 2.45) is 5.92 Å². The molecule has 10 heteroatoms. The van der Waals surface area contributed by atoms with E-state index in [-0.39, 0.29) is 10.7 Å². The number of fused-ring (bicyclic) bond motifs is 1. The molecule has 1 aromatic carbocycles. The fourth-order valence-corrected chi connectivity index (χ4v) is 5.02. The molecule has 0 radical (unpaired) electrons. The Morgan fingerprint density at radius 2 is 2.05 bits per heavy atom. The summed E-state index contributed by atoms with van der Waals surface area (Å²) in [5, 5.41) is 28.8. The second-order valence-corrected chi connectivity index (χ2v) is 10.2. The molecule has 3 aromatic rings. The maximum absolute atomic E-state index is 8.76. The average molecular weight is 518 g/mol. The second kappa shape index (κ2) is 11.2. The van der Waals surface area contributed by atoms with Gasteiger partial charge in [-0.05, 0) is 49.1 Å². The molecular weight excluding hydrogens is 486 g/mol. The van der Waals surface area contributed by atoms with Crippen LogP contribution in [0.5, 0.6) is 5.75 Å². The number of pyridine rings is 2. The van der Waals surface area contributed by atoms with Crippen molar-refractivity contribution in [3.05, 3.63) is 60.0 Å². The number of morpholine rings is 1. The third-order valence-electron chi connectivity index (χ3n) is 6.45. The van der Waals surface area contributed by atoms with Crippen LogP contribution in [0.15, 0.2) is 53.8 Å². The van der Waals surface area contributed by atoms with E-state index < -0.39 is 0 Å². The van der Waals surface area contributed by atoms with E-state index in [1.807, 2.05) is 24.4 Å². The molecule has 3 heterocycles. The summed E-state index contributed by atoms with van der Waals surface area (Å²) in [5.74, 6) is 1.46. The second-order valence-electron chi connectivity index (χ2n) is 9.12. The predicted molar refractivity (Wildman–Crippen MR) is 148 cm³/mol. The molecular formula is C27H31N7O2S. The molecule has 4 N–H and O–H groups in total. The molecule has 0 bridgehead atoms. The van der Waals surface area contributed by atoms with Gasteiger partial charge >= 0.3 is 0 Å². The van der Waals surface area contributed by atoms with Crippen molar-refractivity contribution in [3.63, 3.8) is 0 Å². The highest BCUT2D eigenvalue weighted by molar-refractivity contribution is 8.13. The van der Waals surface area contributed by atoms with Gasteiger partial charge in [-0.25, -0.2) is 0 Å². The third kappa shape index (κ3) is 5.70. The fraction of sp³-hybridized carbons (Fsp3) is 0.333. The lowest BCUT2D eigenvalue weighted by Gasteiger charge is -2.30. The molecule has 9 nitrogen and oxygen atoms in total. The Kier molecular flexibility index (Phi) is 7.57. The average Bonchev–Trinajstić information content (AvgIpc) is 3.76. The van der Waals surface area contributed by atoms with Crippen molar-refractivity contribution < 1.29 is 9.47 Å². The van der Waals surface area contributed by atoms with Gasteiger partial charge in [-0.15, -0.1) is 0 Å². The number of hydrogen-bond donors (Lipinski definition) is 4. The van der Waals surface area contributed by atoms with Crippen molar-refractivity contribution in [2.45, 2.75) is 17.7 Å². The fourth-order valence-electron chi connectivity index (χ4n) is 4.23. The summed E-state index contributed by atoms with van der Waals surface area (Å²) in [6, 6.07) is 9.37. The Bertz CT molecular complexity index is 1410. The molecule has 192 valence electrons. The van der Waals surface area contributed by atoms with Gasteiger partial charge in [-0.2, -0.15) is 0 Å². The van der Waals surface area contributed by atoms with E-state index in [1.54, 1.807) is 31.6 Å². The van der Waals surface area contributed by atoms with E-state index in [0.717, 1.165) is 45.9 Å². The number of ether oxygens (including phenoxy) is 2. The number of rotatable bonds is 8. The summed E-state index contributed by atoms with van der Waals surface area (Å²) in [6.07, 6.45) is 9.01. The quantitative estimate of drug-likeness (QED) is 0.204. The van der Waals surface area contributed by atoms with Crippen LogP contribution < -0.4 is 20.4 Å². The topological polar surface area (TPSA) is 123 Å². The summed E-state index contributed by atoms with van der Waals surface area (Å²) in [5.41, 5.74) is 3.45. The van der Waals surface area contributed by atoms with E-state index in [1.165, 1.54) is 35.4 Å². The molecule has 0 spiro atoms. The van der Waals surface area contributed by atoms with Gasteiger partial charge < -0.3 is 25.1 Å². The summed E-state index contributed by atoms with van der Waals surface area (Å²) in [7, 11) is 1.77. The Morgan fingerprint density at radius 3 is 2.78 bits per heavy atom. The number of thioether (sulfide) groups is 1. The maximum Gasteiger partial charge on any atom is 0.171 e. The van der Waals surface area contributed by atoms with Gasteiger partial charge in [-0.1, -0.05) is 11.8 Å². The SMILES string of the molecule is CN/C=C(\C=N)c1ccc(=N)n(C(=N)Sc2ccc3ncc(N4CCOCC4)c(OCC4CC4)c3c2)c1. The zero-order valence-electron chi connectivity index (χ0n) is 20.8. The summed E-state index contributed by atoms with van der Waals surface area (Å²) < 4.78 is 13.5. The van der Waals surface area contributed by atoms with Crippen LogP contribution in [0.3, 0.4) is 0 Å². The highest BCUT2D eigenvalue weighted by Crippen LogP contribution is 2.39. The first-order chi connectivity index (χ1) is 18.1. The first-order valence-corrected chi connectivity index (χ1v) is 13.2. The number of aromatic nitrogens is 2. The minimum atomic E-state index is 0.192. The number of hydrogen-bond acceptors (Lipinski definition) is 9. The smallest absolute Gasteiger partial charge is 0.171 e. The lowest BCUT2D eigenvalue weighted by Crippen LogP contribution is -2.36. The molecule has 0 unspecified atom stereocenters. The Labute approximate surface area is 220 Å². The van der Waals surface area contributed by atoms with Crippen molar-refractivity contribution in [1.29, 1.82) is 16.2 Å². The summed E-state index contributed by atoms with van der Waals surface area (Å²) >= 11 is 1.27. The minimum absolute atomic E-state index is 0.192. The Balaban J connectivity index is 1.47. The molecule has 0 atom stereocenters. The zero-order valence-corrected chi connectivity index (χ0v) is 21.6. The Morgan fingerprint density at radius 1 is 1.24 bits per heavy atom. The van der Waals surface area contributed by atoms with Gasteiger partial charge in [0.05, 0.1) is 37.2 Å². The van der Waals surface area contributed by atoms with E-state index in [4.69, 9.17) is 30.7 Å². The summed E-state index contributed by atoms with van der Waals surface area (Å²) in [6.45, 7) is 3.66. The zero-order chi connectivity index (χ0) is 25.8. The minimum Gasteiger partial charge on any atom is -0.490 e. The first-order valence-electron chi connectivity index (χ1n) is 12.4. The molecule has 5 rings (SSSR count). The van der Waals surface area contributed by atoms with E-state index in [0.29, 0.717) is 31.3 Å². The molecule has 1 aliphatic carbocycles. The Hall–Kier alpha value is -3.63. The van der Waals surface area contributed by atoms with Crippen LogP contribution in [0, 0.1) is 22.1 Å². The van der Waals surface area contributed by atoms with Crippen molar-refractivity contribution in [3.8, 4) is 5.75 Å². The molecule has 2 aromatic heterocycles. The number of anilines is 1. The number of benzene rings is 1. The molecule has 1 saturated heterocycles. The van der Waals surface area contributed by atoms with Gasteiger partial charge in [0.15, 0.2) is 10.9 Å². The van der Waals surface area contributed by atoms with E-state index in [2.05, 4.69) is 10.2 Å². The predicted octanol–water partition coefficient (Wildman–Crippen LogP) is 3.93. The molecule has 1 saturated carbocycles. The van der Waals surface area contributed by atoms with Crippen LogP contribution in [-0.2, 0) is 4.74 Å². The van der Waals surface area contributed by atoms with Crippen molar-refractivity contribution in [2.75, 3.05) is 44.9 Å². The van der Waals surface area contributed by atoms with Gasteiger partial charge in [-0.3, -0.25) is 20.4 Å². The van der Waals surface area contributed by atoms with Gasteiger partial charge in [0.2, 0.25) is 0 Å². The molecule has 2 fully saturated rings. The molecule has 1 aliphatic heterocycles. The summed E-state index contributed by atoms with van der Waals surface area (Å²) in [4.78, 5) is 7.85. The standard InChI is InChI=1S/C27H31N7O2S/c1-31-14-20(13-28)19-4-7-25(29)34(16-19)27(30)37-21-5-6-23-22(12-21)26(36-17-18-2-3-18)24(15-32-23)33-8-10-35-11-9-33/h4-7,12-16,18,28-31H,2-3,8-11,17H2,1H3/b20-14+,28-13?,29-25?,30-27?. The number of nitrogens with one attached hydrogen (secondary N) is 4. The maximum atomic E-state index is 8.76. The van der Waals surface area contributed by atoms with Crippen LogP contribution in [0.2, 0.25) is 0 Å². The van der Waals surface area contributed by atoms with Crippen molar-refractivity contribution in [1.82, 2.24) is 14.9 Å². The lowest BCUT2D eigenvalue weighted by atomic mass is 10.1. The van der Waals surface area contributed by atoms with E-state index in [9.17, 15) is 0 Å². The number of nitrogens with zero attached hydrogens (tertiary/aromatic N) is 3. The van der Waals surface area contributed by atoms with E-state index >= 15 is 0 Å². The van der Waals surface area contributed by atoms with Crippen LogP contribution in [0.25, 0.3) is 16.5 Å². The largest absolute Gasteiger partial charge is 0.490 e. The van der Waals surface area contributed by atoms with Gasteiger partial charge in [0.25, 0.3) is 0 Å². The first kappa shape index (κ1) is 25.0. The van der Waals surface area contributed by atoms with Crippen molar-refractivity contribution >= 4 is 45.3 Å². The molecule has 37 heavy (non-hydrogen) atoms. The van der Waals surface area contributed by atoms with Crippen LogP contribution in [0.1, 0.15) is 18.4 Å². The van der Waals surface area contributed by atoms with Crippen LogP contribution in [0.4, 0.5) is 5.69 Å². The monoisotopic (exact) mass is 517 g/mol. The van der Waals surface area contributed by atoms with Crippen LogP contribution >= 0.6 is 11.8 Å². The van der Waals surface area contributed by atoms with Gasteiger partial charge in [0, 0.05) is 60.2 Å². The van der Waals surface area contributed by atoms with Gasteiger partial charge in [0.1, 0.15) is 5.49 Å². The van der Waals surface area contributed by atoms with Crippen LogP contribution in [-0.4, -0.2) is 60.9 Å². The lowest BCUT2D eigenvalue weighted by molar-refractivity contribution is 0.122.